The molecule has 0 radical (unpaired) electrons. The largest absolute Gasteiger partial charge is 0.496 e. The van der Waals surface area contributed by atoms with Gasteiger partial charge in [-0.1, -0.05) is 11.6 Å². The molecule has 0 saturated carbocycles. The lowest BCUT2D eigenvalue weighted by Crippen LogP contribution is -2.18. The monoisotopic (exact) mass is 252 g/mol. The van der Waals surface area contributed by atoms with Crippen molar-refractivity contribution in [3.63, 3.8) is 0 Å². The first-order chi connectivity index (χ1) is 8.11. The smallest absolute Gasteiger partial charge is 0.122 e. The minimum absolute atomic E-state index is 0.362. The average molecular weight is 253 g/mol. The summed E-state index contributed by atoms with van der Waals surface area (Å²) in [6.45, 7) is 5.07. The number of benzene rings is 1. The molecule has 1 aromatic rings. The number of aryl methyl sites for hydroxylation is 1. The summed E-state index contributed by atoms with van der Waals surface area (Å²) in [7, 11) is 1.66. The first-order valence-corrected chi connectivity index (χ1v) is 5.89. The molecule has 0 amide bonds. The maximum absolute atomic E-state index is 8.44. The number of nitrogens with zero attached hydrogens (tertiary/aromatic N) is 1. The minimum atomic E-state index is 0.362. The highest BCUT2D eigenvalue weighted by atomic mass is 35.5. The molecule has 17 heavy (non-hydrogen) atoms. The zero-order valence-electron chi connectivity index (χ0n) is 10.4. The van der Waals surface area contributed by atoms with E-state index in [4.69, 9.17) is 21.6 Å². The van der Waals surface area contributed by atoms with Gasteiger partial charge in [0.15, 0.2) is 0 Å². The fraction of sp³-hybridized carbons (Fsp3) is 0.462. The summed E-state index contributed by atoms with van der Waals surface area (Å²) in [5.74, 6) is 0.864. The molecule has 0 aliphatic carbocycles. The van der Waals surface area contributed by atoms with Crippen molar-refractivity contribution in [3.8, 4) is 11.8 Å². The molecule has 0 aliphatic heterocycles. The van der Waals surface area contributed by atoms with Crippen LogP contribution in [-0.2, 0) is 6.42 Å². The summed E-state index contributed by atoms with van der Waals surface area (Å²) in [6.07, 6.45) is 0.802. The van der Waals surface area contributed by atoms with Crippen molar-refractivity contribution in [2.45, 2.75) is 20.3 Å². The van der Waals surface area contributed by atoms with Crippen molar-refractivity contribution in [2.24, 2.45) is 0 Å². The van der Waals surface area contributed by atoms with Crippen molar-refractivity contribution in [2.75, 3.05) is 20.2 Å². The van der Waals surface area contributed by atoms with E-state index < -0.39 is 0 Å². The van der Waals surface area contributed by atoms with E-state index in [9.17, 15) is 0 Å². The first kappa shape index (κ1) is 13.8. The molecule has 0 spiro atoms. The first-order valence-electron chi connectivity index (χ1n) is 5.52. The van der Waals surface area contributed by atoms with E-state index in [0.29, 0.717) is 6.54 Å². The number of ether oxygens (including phenoxy) is 1. The fourth-order valence-corrected chi connectivity index (χ4v) is 1.98. The third-order valence-corrected chi connectivity index (χ3v) is 3.33. The quantitative estimate of drug-likeness (QED) is 0.647. The van der Waals surface area contributed by atoms with Crippen molar-refractivity contribution in [3.05, 3.63) is 27.8 Å². The van der Waals surface area contributed by atoms with Crippen LogP contribution < -0.4 is 10.1 Å². The molecular formula is C13H17ClN2O. The third kappa shape index (κ3) is 3.36. The second-order valence-electron chi connectivity index (χ2n) is 3.90. The van der Waals surface area contributed by atoms with Gasteiger partial charge in [0, 0.05) is 11.6 Å². The Labute approximate surface area is 107 Å². The van der Waals surface area contributed by atoms with Crippen molar-refractivity contribution in [1.29, 1.82) is 5.26 Å². The van der Waals surface area contributed by atoms with Crippen molar-refractivity contribution >= 4 is 11.6 Å². The number of methoxy groups -OCH3 is 1. The second-order valence-corrected chi connectivity index (χ2v) is 4.28. The molecular weight excluding hydrogens is 236 g/mol. The number of nitriles is 1. The van der Waals surface area contributed by atoms with Crippen molar-refractivity contribution in [1.82, 2.24) is 5.32 Å². The van der Waals surface area contributed by atoms with Crippen LogP contribution in [0.1, 0.15) is 16.7 Å². The Hall–Kier alpha value is -1.24. The molecule has 0 atom stereocenters. The molecule has 0 aromatic heterocycles. The van der Waals surface area contributed by atoms with Gasteiger partial charge in [0.25, 0.3) is 0 Å². The number of rotatable bonds is 5. The van der Waals surface area contributed by atoms with Crippen LogP contribution in [0.25, 0.3) is 0 Å². The van der Waals surface area contributed by atoms with Gasteiger partial charge in [0.1, 0.15) is 5.75 Å². The van der Waals surface area contributed by atoms with Crippen LogP contribution in [0.15, 0.2) is 6.07 Å². The SMILES string of the molecule is COc1cc(C)c(Cl)c(C)c1CCNCC#N. The van der Waals surface area contributed by atoms with Crippen LogP contribution in [0.2, 0.25) is 5.02 Å². The molecule has 0 bridgehead atoms. The molecule has 1 aromatic carbocycles. The van der Waals surface area contributed by atoms with Gasteiger partial charge in [-0.2, -0.15) is 5.26 Å². The summed E-state index contributed by atoms with van der Waals surface area (Å²) >= 11 is 6.22. The van der Waals surface area contributed by atoms with Gasteiger partial charge in [-0.25, -0.2) is 0 Å². The second kappa shape index (κ2) is 6.48. The molecule has 92 valence electrons. The highest BCUT2D eigenvalue weighted by molar-refractivity contribution is 6.32. The Kier molecular flexibility index (Phi) is 5.27. The topological polar surface area (TPSA) is 45.0 Å². The Balaban J connectivity index is 2.89. The highest BCUT2D eigenvalue weighted by Gasteiger charge is 2.12. The van der Waals surface area contributed by atoms with Gasteiger partial charge in [0.05, 0.1) is 19.7 Å². The van der Waals surface area contributed by atoms with E-state index in [2.05, 4.69) is 5.32 Å². The molecule has 0 unspecified atom stereocenters. The number of halogens is 1. The van der Waals surface area contributed by atoms with E-state index >= 15 is 0 Å². The molecule has 0 saturated heterocycles. The normalized spacial score (nSPS) is 10.1. The zero-order chi connectivity index (χ0) is 12.8. The van der Waals surface area contributed by atoms with Gasteiger partial charge >= 0.3 is 0 Å². The van der Waals surface area contributed by atoms with E-state index in [1.54, 1.807) is 7.11 Å². The van der Waals surface area contributed by atoms with E-state index in [-0.39, 0.29) is 0 Å². The Morgan fingerprint density at radius 1 is 1.47 bits per heavy atom. The Morgan fingerprint density at radius 3 is 2.76 bits per heavy atom. The summed E-state index contributed by atoms with van der Waals surface area (Å²) in [5.41, 5.74) is 3.19. The van der Waals surface area contributed by atoms with Crippen LogP contribution >= 0.6 is 11.6 Å². The Morgan fingerprint density at radius 2 is 2.18 bits per heavy atom. The number of nitrogens with one attached hydrogen (secondary N) is 1. The molecule has 4 heteroatoms. The average Bonchev–Trinajstić information content (AvgIpc) is 2.33. The predicted octanol–water partition coefficient (Wildman–Crippen LogP) is 2.62. The zero-order valence-corrected chi connectivity index (χ0v) is 11.2. The van der Waals surface area contributed by atoms with Gasteiger partial charge in [-0.3, -0.25) is 0 Å². The minimum Gasteiger partial charge on any atom is -0.496 e. The molecule has 0 fully saturated rings. The van der Waals surface area contributed by atoms with Gasteiger partial charge in [0.2, 0.25) is 0 Å². The van der Waals surface area contributed by atoms with Crippen molar-refractivity contribution < 1.29 is 4.74 Å². The summed E-state index contributed by atoms with van der Waals surface area (Å²) in [4.78, 5) is 0. The van der Waals surface area contributed by atoms with E-state index in [0.717, 1.165) is 40.4 Å². The summed E-state index contributed by atoms with van der Waals surface area (Å²) < 4.78 is 5.37. The molecule has 3 nitrogen and oxygen atoms in total. The molecule has 0 heterocycles. The molecule has 0 aliphatic rings. The van der Waals surface area contributed by atoms with Gasteiger partial charge in [-0.15, -0.1) is 0 Å². The lowest BCUT2D eigenvalue weighted by Gasteiger charge is -2.15. The van der Waals surface area contributed by atoms with Crippen LogP contribution in [0.3, 0.4) is 0 Å². The van der Waals surface area contributed by atoms with Crippen LogP contribution in [0.4, 0.5) is 0 Å². The Bertz CT molecular complexity index is 438. The summed E-state index contributed by atoms with van der Waals surface area (Å²) in [6, 6.07) is 4.00. The molecule has 1 N–H and O–H groups in total. The van der Waals surface area contributed by atoms with Crippen LogP contribution in [0.5, 0.6) is 5.75 Å². The standard InChI is InChI=1S/C13H17ClN2O/c1-9-8-12(17-3)11(10(2)13(9)14)4-6-16-7-5-15/h8,16H,4,6-7H2,1-3H3. The fourth-order valence-electron chi connectivity index (χ4n) is 1.81. The van der Waals surface area contributed by atoms with Gasteiger partial charge in [-0.05, 0) is 43.0 Å². The number of hydrogen-bond acceptors (Lipinski definition) is 3. The van der Waals surface area contributed by atoms with Crippen LogP contribution in [0, 0.1) is 25.2 Å². The highest BCUT2D eigenvalue weighted by Crippen LogP contribution is 2.31. The lowest BCUT2D eigenvalue weighted by atomic mass is 10.0. The van der Waals surface area contributed by atoms with E-state index in [1.807, 2.05) is 26.0 Å². The van der Waals surface area contributed by atoms with E-state index in [1.165, 1.54) is 0 Å². The predicted molar refractivity (Wildman–Crippen MR) is 69.7 cm³/mol. The third-order valence-electron chi connectivity index (χ3n) is 2.75. The molecule has 1 rings (SSSR count). The van der Waals surface area contributed by atoms with Crippen LogP contribution in [-0.4, -0.2) is 20.2 Å². The van der Waals surface area contributed by atoms with Gasteiger partial charge < -0.3 is 10.1 Å². The number of hydrogen-bond donors (Lipinski definition) is 1. The maximum Gasteiger partial charge on any atom is 0.122 e. The maximum atomic E-state index is 8.44. The lowest BCUT2D eigenvalue weighted by molar-refractivity contribution is 0.408. The summed E-state index contributed by atoms with van der Waals surface area (Å²) in [5, 5.41) is 12.3.